The van der Waals surface area contributed by atoms with E-state index in [1.807, 2.05) is 0 Å². The summed E-state index contributed by atoms with van der Waals surface area (Å²) >= 11 is 10.0. The van der Waals surface area contributed by atoms with Crippen LogP contribution in [0.1, 0.15) is 6.42 Å². The van der Waals surface area contributed by atoms with Crippen molar-refractivity contribution >= 4 is 48.9 Å². The second-order valence-corrected chi connectivity index (χ2v) is 8.05. The first-order valence-electron chi connectivity index (χ1n) is 5.10. The summed E-state index contributed by atoms with van der Waals surface area (Å²) in [6.07, 6.45) is 0.541. The molecule has 1 aromatic rings. The number of rotatable bonds is 8. The Hall–Kier alpha value is 0.300. The zero-order chi connectivity index (χ0) is 13.6. The number of aliphatic hydroxyl groups excluding tert-OH is 1. The van der Waals surface area contributed by atoms with Crippen LogP contribution in [0.15, 0.2) is 14.1 Å². The van der Waals surface area contributed by atoms with Crippen molar-refractivity contribution in [1.82, 2.24) is 4.72 Å². The standard InChI is InChI=1S/C9H13BrClNO4S2/c10-9-7(11)6-8(17-9)18(14,15)12-2-1-4-16-5-3-13/h6,12-13H,1-5H2. The first kappa shape index (κ1) is 16.4. The summed E-state index contributed by atoms with van der Waals surface area (Å²) in [5.41, 5.74) is 0. The Morgan fingerprint density at radius 3 is 2.78 bits per heavy atom. The van der Waals surface area contributed by atoms with Crippen molar-refractivity contribution in [2.75, 3.05) is 26.4 Å². The summed E-state index contributed by atoms with van der Waals surface area (Å²) in [5, 5.41) is 8.86. The van der Waals surface area contributed by atoms with Crippen molar-refractivity contribution in [2.45, 2.75) is 10.6 Å². The van der Waals surface area contributed by atoms with Gasteiger partial charge in [0.1, 0.15) is 4.21 Å². The van der Waals surface area contributed by atoms with Crippen LogP contribution in [0.5, 0.6) is 0 Å². The molecule has 0 saturated heterocycles. The molecule has 1 rings (SSSR count). The van der Waals surface area contributed by atoms with Crippen molar-refractivity contribution in [3.8, 4) is 0 Å². The molecular weight excluding hydrogens is 366 g/mol. The molecule has 9 heteroatoms. The molecule has 0 aliphatic rings. The van der Waals surface area contributed by atoms with Gasteiger partial charge in [0.15, 0.2) is 0 Å². The Bertz CT molecular complexity index is 457. The van der Waals surface area contributed by atoms with Gasteiger partial charge >= 0.3 is 0 Å². The van der Waals surface area contributed by atoms with Crippen LogP contribution < -0.4 is 4.72 Å². The Balaban J connectivity index is 2.41. The molecule has 0 aliphatic carbocycles. The van der Waals surface area contributed by atoms with E-state index in [0.29, 0.717) is 21.8 Å². The average Bonchev–Trinajstić information content (AvgIpc) is 2.65. The van der Waals surface area contributed by atoms with Gasteiger partial charge < -0.3 is 9.84 Å². The smallest absolute Gasteiger partial charge is 0.250 e. The molecule has 0 unspecified atom stereocenters. The third kappa shape index (κ3) is 5.12. The average molecular weight is 379 g/mol. The van der Waals surface area contributed by atoms with Gasteiger partial charge in [-0.15, -0.1) is 11.3 Å². The van der Waals surface area contributed by atoms with Crippen LogP contribution in [0.25, 0.3) is 0 Å². The molecule has 1 aromatic heterocycles. The minimum absolute atomic E-state index is 0.0343. The largest absolute Gasteiger partial charge is 0.394 e. The number of ether oxygens (including phenoxy) is 1. The predicted molar refractivity (Wildman–Crippen MR) is 74.7 cm³/mol. The molecule has 18 heavy (non-hydrogen) atoms. The van der Waals surface area contributed by atoms with E-state index in [9.17, 15) is 8.42 Å². The van der Waals surface area contributed by atoms with Crippen LogP contribution in [-0.2, 0) is 14.8 Å². The maximum atomic E-state index is 11.8. The molecule has 0 saturated carbocycles. The quantitative estimate of drug-likeness (QED) is 0.677. The highest BCUT2D eigenvalue weighted by Crippen LogP contribution is 2.34. The Morgan fingerprint density at radius 2 is 2.22 bits per heavy atom. The van der Waals surface area contributed by atoms with Crippen LogP contribution in [0, 0.1) is 0 Å². The second-order valence-electron chi connectivity index (χ2n) is 3.27. The Kier molecular flexibility index (Phi) is 7.07. The van der Waals surface area contributed by atoms with Crippen LogP contribution in [-0.4, -0.2) is 39.9 Å². The summed E-state index contributed by atoms with van der Waals surface area (Å²) in [5.74, 6) is 0. The molecule has 104 valence electrons. The zero-order valence-electron chi connectivity index (χ0n) is 9.36. The first-order chi connectivity index (χ1) is 8.47. The Morgan fingerprint density at radius 1 is 1.50 bits per heavy atom. The van der Waals surface area contributed by atoms with Gasteiger partial charge in [0, 0.05) is 13.2 Å². The highest BCUT2D eigenvalue weighted by atomic mass is 79.9. The SMILES string of the molecule is O=S(=O)(NCCCOCCO)c1cc(Cl)c(Br)s1. The van der Waals surface area contributed by atoms with Gasteiger partial charge in [0.2, 0.25) is 10.0 Å². The molecular formula is C9H13BrClNO4S2. The Labute approximate surface area is 123 Å². The number of aliphatic hydroxyl groups is 1. The monoisotopic (exact) mass is 377 g/mol. The van der Waals surface area contributed by atoms with E-state index >= 15 is 0 Å². The van der Waals surface area contributed by atoms with Crippen molar-refractivity contribution in [2.24, 2.45) is 0 Å². The fourth-order valence-electron chi connectivity index (χ4n) is 1.08. The molecule has 0 atom stereocenters. The third-order valence-electron chi connectivity index (χ3n) is 1.88. The van der Waals surface area contributed by atoms with Crippen molar-refractivity contribution in [1.29, 1.82) is 0 Å². The molecule has 2 N–H and O–H groups in total. The summed E-state index contributed by atoms with van der Waals surface area (Å²) < 4.78 is 31.9. The molecule has 0 amide bonds. The van der Waals surface area contributed by atoms with E-state index < -0.39 is 10.0 Å². The molecule has 0 bridgehead atoms. The minimum atomic E-state index is -3.51. The number of thiophene rings is 1. The van der Waals surface area contributed by atoms with E-state index in [0.717, 1.165) is 11.3 Å². The molecule has 0 radical (unpaired) electrons. The number of hydrogen-bond acceptors (Lipinski definition) is 5. The van der Waals surface area contributed by atoms with Crippen LogP contribution in [0.4, 0.5) is 0 Å². The molecule has 5 nitrogen and oxygen atoms in total. The lowest BCUT2D eigenvalue weighted by atomic mass is 10.5. The maximum absolute atomic E-state index is 11.8. The van der Waals surface area contributed by atoms with E-state index in [1.54, 1.807) is 0 Å². The second kappa shape index (κ2) is 7.78. The van der Waals surface area contributed by atoms with E-state index in [4.69, 9.17) is 21.4 Å². The lowest BCUT2D eigenvalue weighted by Gasteiger charge is -2.04. The summed E-state index contributed by atoms with van der Waals surface area (Å²) in [7, 11) is -3.51. The number of sulfonamides is 1. The van der Waals surface area contributed by atoms with Crippen molar-refractivity contribution < 1.29 is 18.3 Å². The van der Waals surface area contributed by atoms with Crippen LogP contribution in [0.2, 0.25) is 5.02 Å². The highest BCUT2D eigenvalue weighted by Gasteiger charge is 2.18. The molecule has 0 fully saturated rings. The lowest BCUT2D eigenvalue weighted by Crippen LogP contribution is -2.25. The van der Waals surface area contributed by atoms with Gasteiger partial charge in [-0.3, -0.25) is 0 Å². The van der Waals surface area contributed by atoms with Gasteiger partial charge in [-0.25, -0.2) is 13.1 Å². The molecule has 0 aromatic carbocycles. The van der Waals surface area contributed by atoms with Gasteiger partial charge in [0.05, 0.1) is 22.0 Å². The lowest BCUT2D eigenvalue weighted by molar-refractivity contribution is 0.0913. The van der Waals surface area contributed by atoms with Crippen molar-refractivity contribution in [3.05, 3.63) is 14.9 Å². The molecule has 1 heterocycles. The fraction of sp³-hybridized carbons (Fsp3) is 0.556. The fourth-order valence-corrected chi connectivity index (χ4v) is 4.59. The predicted octanol–water partition coefficient (Wildman–Crippen LogP) is 1.84. The summed E-state index contributed by atoms with van der Waals surface area (Å²) in [6, 6.07) is 1.40. The number of nitrogens with one attached hydrogen (secondary N) is 1. The third-order valence-corrected chi connectivity index (χ3v) is 6.29. The summed E-state index contributed by atoms with van der Waals surface area (Å²) in [4.78, 5) is 0. The van der Waals surface area contributed by atoms with Crippen LogP contribution >= 0.6 is 38.9 Å². The normalized spacial score (nSPS) is 11.9. The molecule has 0 aliphatic heterocycles. The van der Waals surface area contributed by atoms with Gasteiger partial charge in [-0.05, 0) is 28.4 Å². The van der Waals surface area contributed by atoms with Gasteiger partial charge in [-0.1, -0.05) is 11.6 Å². The minimum Gasteiger partial charge on any atom is -0.394 e. The number of hydrogen-bond donors (Lipinski definition) is 2. The van der Waals surface area contributed by atoms with E-state index in [2.05, 4.69) is 20.7 Å². The summed E-state index contributed by atoms with van der Waals surface area (Å²) in [6.45, 7) is 0.909. The van der Waals surface area contributed by atoms with Gasteiger partial charge in [0.25, 0.3) is 0 Å². The van der Waals surface area contributed by atoms with Gasteiger partial charge in [-0.2, -0.15) is 0 Å². The number of halogens is 2. The topological polar surface area (TPSA) is 75.6 Å². The van der Waals surface area contributed by atoms with E-state index in [1.165, 1.54) is 6.07 Å². The highest BCUT2D eigenvalue weighted by molar-refractivity contribution is 9.11. The van der Waals surface area contributed by atoms with Crippen LogP contribution in [0.3, 0.4) is 0 Å². The zero-order valence-corrected chi connectivity index (χ0v) is 13.3. The van der Waals surface area contributed by atoms with E-state index in [-0.39, 0.29) is 24.0 Å². The molecule has 0 spiro atoms. The maximum Gasteiger partial charge on any atom is 0.250 e. The van der Waals surface area contributed by atoms with Crippen molar-refractivity contribution in [3.63, 3.8) is 0 Å². The first-order valence-corrected chi connectivity index (χ1v) is 8.57.